The molecule has 1 nitrogen and oxygen atoms in total. The number of aryl methyl sites for hydroxylation is 1. The molecule has 2 aromatic carbocycles. The van der Waals surface area contributed by atoms with Crippen LogP contribution in [0.2, 0.25) is 0 Å². The molecule has 92 valence electrons. The fourth-order valence-electron chi connectivity index (χ4n) is 2.70. The standard InChI is InChI=1S/C17H18O/c1-13-5-4-7-14(11-13)15-9-10-18-17-8-3-2-6-16(17)12-15/h2-8,11,15H,9-10,12H2,1H3/t15-/m0/s1. The normalized spacial score (nSPS) is 18.6. The summed E-state index contributed by atoms with van der Waals surface area (Å²) in [4.78, 5) is 0. The van der Waals surface area contributed by atoms with E-state index in [0.717, 1.165) is 25.2 Å². The first-order chi connectivity index (χ1) is 8.83. The van der Waals surface area contributed by atoms with Gasteiger partial charge in [0.15, 0.2) is 0 Å². The number of hydrogen-bond donors (Lipinski definition) is 0. The molecule has 0 fully saturated rings. The third-order valence-electron chi connectivity index (χ3n) is 3.68. The van der Waals surface area contributed by atoms with E-state index in [4.69, 9.17) is 4.74 Å². The van der Waals surface area contributed by atoms with Crippen molar-refractivity contribution in [2.45, 2.75) is 25.7 Å². The van der Waals surface area contributed by atoms with Crippen molar-refractivity contribution in [1.82, 2.24) is 0 Å². The van der Waals surface area contributed by atoms with Gasteiger partial charge in [-0.15, -0.1) is 0 Å². The van der Waals surface area contributed by atoms with Crippen molar-refractivity contribution in [3.63, 3.8) is 0 Å². The van der Waals surface area contributed by atoms with E-state index in [-0.39, 0.29) is 0 Å². The van der Waals surface area contributed by atoms with Crippen LogP contribution in [-0.2, 0) is 6.42 Å². The van der Waals surface area contributed by atoms with Crippen LogP contribution in [0.4, 0.5) is 0 Å². The summed E-state index contributed by atoms with van der Waals surface area (Å²) in [6.45, 7) is 2.97. The Kier molecular flexibility index (Phi) is 3.06. The van der Waals surface area contributed by atoms with Crippen molar-refractivity contribution in [2.24, 2.45) is 0 Å². The van der Waals surface area contributed by atoms with Crippen LogP contribution in [0.25, 0.3) is 0 Å². The molecule has 1 atom stereocenters. The van der Waals surface area contributed by atoms with Gasteiger partial charge in [0.2, 0.25) is 0 Å². The van der Waals surface area contributed by atoms with Crippen LogP contribution in [0.1, 0.15) is 29.0 Å². The molecule has 0 saturated carbocycles. The SMILES string of the molecule is Cc1cccc([C@H]2CCOc3ccccc3C2)c1. The van der Waals surface area contributed by atoms with Crippen molar-refractivity contribution < 1.29 is 4.74 Å². The molecule has 1 heterocycles. The van der Waals surface area contributed by atoms with Crippen molar-refractivity contribution >= 4 is 0 Å². The molecule has 1 heteroatoms. The minimum Gasteiger partial charge on any atom is -0.493 e. The van der Waals surface area contributed by atoms with Gasteiger partial charge in [-0.05, 0) is 42.9 Å². The van der Waals surface area contributed by atoms with Gasteiger partial charge in [-0.2, -0.15) is 0 Å². The highest BCUT2D eigenvalue weighted by Gasteiger charge is 2.18. The smallest absolute Gasteiger partial charge is 0.122 e. The molecular formula is C17H18O. The molecule has 0 bridgehead atoms. The molecule has 18 heavy (non-hydrogen) atoms. The summed E-state index contributed by atoms with van der Waals surface area (Å²) in [5.74, 6) is 1.64. The van der Waals surface area contributed by atoms with Crippen molar-refractivity contribution in [2.75, 3.05) is 6.61 Å². The minimum absolute atomic E-state index is 0.577. The zero-order valence-corrected chi connectivity index (χ0v) is 10.7. The first-order valence-corrected chi connectivity index (χ1v) is 6.60. The number of rotatable bonds is 1. The topological polar surface area (TPSA) is 9.23 Å². The first kappa shape index (κ1) is 11.3. The average Bonchev–Trinajstić information content (AvgIpc) is 2.60. The van der Waals surface area contributed by atoms with Crippen LogP contribution in [0.15, 0.2) is 48.5 Å². The first-order valence-electron chi connectivity index (χ1n) is 6.60. The number of ether oxygens (including phenoxy) is 1. The van der Waals surface area contributed by atoms with Gasteiger partial charge in [-0.25, -0.2) is 0 Å². The summed E-state index contributed by atoms with van der Waals surface area (Å²) in [6, 6.07) is 17.3. The molecular weight excluding hydrogens is 220 g/mol. The summed E-state index contributed by atoms with van der Waals surface area (Å²) in [6.07, 6.45) is 2.18. The van der Waals surface area contributed by atoms with Crippen molar-refractivity contribution in [3.05, 3.63) is 65.2 Å². The van der Waals surface area contributed by atoms with E-state index in [1.807, 2.05) is 6.07 Å². The van der Waals surface area contributed by atoms with Crippen molar-refractivity contribution in [1.29, 1.82) is 0 Å². The van der Waals surface area contributed by atoms with Gasteiger partial charge in [0.1, 0.15) is 5.75 Å². The second-order valence-corrected chi connectivity index (χ2v) is 5.06. The fourth-order valence-corrected chi connectivity index (χ4v) is 2.70. The molecule has 0 N–H and O–H groups in total. The second kappa shape index (κ2) is 4.85. The van der Waals surface area contributed by atoms with Crippen LogP contribution in [0.5, 0.6) is 5.75 Å². The fraction of sp³-hybridized carbons (Fsp3) is 0.294. The van der Waals surface area contributed by atoms with Gasteiger partial charge >= 0.3 is 0 Å². The van der Waals surface area contributed by atoms with E-state index in [1.165, 1.54) is 16.7 Å². The van der Waals surface area contributed by atoms with Crippen molar-refractivity contribution in [3.8, 4) is 5.75 Å². The predicted molar refractivity (Wildman–Crippen MR) is 74.2 cm³/mol. The Balaban J connectivity index is 1.91. The Morgan fingerprint density at radius 3 is 2.83 bits per heavy atom. The largest absolute Gasteiger partial charge is 0.493 e. The Morgan fingerprint density at radius 1 is 1.06 bits per heavy atom. The molecule has 0 spiro atoms. The van der Waals surface area contributed by atoms with Gasteiger partial charge in [0, 0.05) is 0 Å². The third kappa shape index (κ3) is 2.26. The lowest BCUT2D eigenvalue weighted by Crippen LogP contribution is -2.04. The van der Waals surface area contributed by atoms with E-state index >= 15 is 0 Å². The van der Waals surface area contributed by atoms with E-state index < -0.39 is 0 Å². The quantitative estimate of drug-likeness (QED) is 0.726. The highest BCUT2D eigenvalue weighted by molar-refractivity contribution is 5.37. The molecule has 1 aliphatic rings. The molecule has 0 aliphatic carbocycles. The maximum atomic E-state index is 5.83. The Morgan fingerprint density at radius 2 is 1.94 bits per heavy atom. The maximum absolute atomic E-state index is 5.83. The number of fused-ring (bicyclic) bond motifs is 1. The lowest BCUT2D eigenvalue weighted by atomic mass is 9.89. The van der Waals surface area contributed by atoms with Crippen LogP contribution in [0, 0.1) is 6.92 Å². The molecule has 0 radical (unpaired) electrons. The molecule has 2 aromatic rings. The molecule has 0 amide bonds. The zero-order valence-electron chi connectivity index (χ0n) is 10.7. The summed E-state index contributed by atoms with van der Waals surface area (Å²) < 4.78 is 5.83. The summed E-state index contributed by atoms with van der Waals surface area (Å²) in [5, 5.41) is 0. The molecule has 3 rings (SSSR count). The lowest BCUT2D eigenvalue weighted by Gasteiger charge is -2.14. The van der Waals surface area contributed by atoms with Gasteiger partial charge in [-0.1, -0.05) is 48.0 Å². The van der Waals surface area contributed by atoms with Crippen LogP contribution in [-0.4, -0.2) is 6.61 Å². The predicted octanol–water partition coefficient (Wildman–Crippen LogP) is 4.10. The van der Waals surface area contributed by atoms with Gasteiger partial charge in [-0.3, -0.25) is 0 Å². The summed E-state index contributed by atoms with van der Waals surface area (Å²) >= 11 is 0. The molecule has 0 unspecified atom stereocenters. The Labute approximate surface area is 108 Å². The zero-order chi connectivity index (χ0) is 12.4. The van der Waals surface area contributed by atoms with E-state index in [1.54, 1.807) is 0 Å². The number of benzene rings is 2. The lowest BCUT2D eigenvalue weighted by molar-refractivity contribution is 0.310. The highest BCUT2D eigenvalue weighted by atomic mass is 16.5. The van der Waals surface area contributed by atoms with Crippen LogP contribution < -0.4 is 4.74 Å². The molecule has 1 aliphatic heterocycles. The van der Waals surface area contributed by atoms with E-state index in [2.05, 4.69) is 49.4 Å². The summed E-state index contributed by atoms with van der Waals surface area (Å²) in [7, 11) is 0. The van der Waals surface area contributed by atoms with Gasteiger partial charge in [0.25, 0.3) is 0 Å². The monoisotopic (exact) mass is 238 g/mol. The number of hydrogen-bond acceptors (Lipinski definition) is 1. The highest BCUT2D eigenvalue weighted by Crippen LogP contribution is 2.32. The Hall–Kier alpha value is -1.76. The van der Waals surface area contributed by atoms with Crippen LogP contribution >= 0.6 is 0 Å². The van der Waals surface area contributed by atoms with Crippen LogP contribution in [0.3, 0.4) is 0 Å². The van der Waals surface area contributed by atoms with Gasteiger partial charge in [0.05, 0.1) is 6.61 Å². The third-order valence-corrected chi connectivity index (χ3v) is 3.68. The molecule has 0 aromatic heterocycles. The van der Waals surface area contributed by atoms with Gasteiger partial charge < -0.3 is 4.74 Å². The Bertz CT molecular complexity index is 545. The summed E-state index contributed by atoms with van der Waals surface area (Å²) in [5.41, 5.74) is 4.11. The van der Waals surface area contributed by atoms with E-state index in [0.29, 0.717) is 5.92 Å². The number of para-hydroxylation sites is 1. The van der Waals surface area contributed by atoms with E-state index in [9.17, 15) is 0 Å². The molecule has 0 saturated heterocycles. The maximum Gasteiger partial charge on any atom is 0.122 e. The average molecular weight is 238 g/mol. The second-order valence-electron chi connectivity index (χ2n) is 5.06. The minimum atomic E-state index is 0.577.